The summed E-state index contributed by atoms with van der Waals surface area (Å²) in [5.74, 6) is 0.512. The summed E-state index contributed by atoms with van der Waals surface area (Å²) in [4.78, 5) is 27.5. The van der Waals surface area contributed by atoms with E-state index in [1.54, 1.807) is 18.3 Å². The lowest BCUT2D eigenvalue weighted by molar-refractivity contribution is 0.0749. The third-order valence-electron chi connectivity index (χ3n) is 5.92. The van der Waals surface area contributed by atoms with Crippen molar-refractivity contribution in [2.75, 3.05) is 13.1 Å². The molecule has 0 radical (unpaired) electrons. The lowest BCUT2D eigenvalue weighted by Gasteiger charge is -2.23. The van der Waals surface area contributed by atoms with Crippen molar-refractivity contribution in [3.8, 4) is 11.3 Å². The smallest absolute Gasteiger partial charge is 0.257 e. The van der Waals surface area contributed by atoms with E-state index in [-0.39, 0.29) is 5.91 Å². The molecule has 1 aliphatic rings. The summed E-state index contributed by atoms with van der Waals surface area (Å²) in [5.41, 5.74) is 4.11. The number of carbonyl (C=O) groups is 1. The first-order valence-electron chi connectivity index (χ1n) is 10.7. The van der Waals surface area contributed by atoms with Crippen LogP contribution in [0.3, 0.4) is 0 Å². The van der Waals surface area contributed by atoms with Crippen LogP contribution in [0.4, 0.5) is 0 Å². The van der Waals surface area contributed by atoms with E-state index in [1.807, 2.05) is 29.3 Å². The first kappa shape index (κ1) is 21.0. The Hall–Kier alpha value is -2.89. The van der Waals surface area contributed by atoms with Crippen LogP contribution in [0.2, 0.25) is 10.0 Å². The van der Waals surface area contributed by atoms with Crippen LogP contribution in [-0.2, 0) is 6.42 Å². The Kier molecular flexibility index (Phi) is 5.85. The Morgan fingerprint density at radius 2 is 1.97 bits per heavy atom. The zero-order valence-electron chi connectivity index (χ0n) is 17.4. The van der Waals surface area contributed by atoms with E-state index < -0.39 is 0 Å². The topological polar surface area (TPSA) is 61.9 Å². The standard InChI is InChI=1S/C25H22Cl2N4O/c26-21-8-7-17(11-22(21)27)24-20(13-28-15-30-24)25(32)31(14-16-5-6-16)10-9-18-12-29-23-4-2-1-3-19(18)23/h1-4,7-8,11-13,15-16,29H,5-6,9-10,14H2. The second-order valence-electron chi connectivity index (χ2n) is 8.22. The lowest BCUT2D eigenvalue weighted by Crippen LogP contribution is -2.35. The molecule has 0 saturated heterocycles. The zero-order chi connectivity index (χ0) is 22.1. The summed E-state index contributed by atoms with van der Waals surface area (Å²) in [7, 11) is 0. The number of fused-ring (bicyclic) bond motifs is 1. The summed E-state index contributed by atoms with van der Waals surface area (Å²) < 4.78 is 0. The number of carbonyl (C=O) groups excluding carboxylic acids is 1. The maximum Gasteiger partial charge on any atom is 0.257 e. The van der Waals surface area contributed by atoms with Crippen molar-refractivity contribution in [2.45, 2.75) is 19.3 Å². The highest BCUT2D eigenvalue weighted by Gasteiger charge is 2.29. The van der Waals surface area contributed by atoms with Gasteiger partial charge < -0.3 is 9.88 Å². The second-order valence-corrected chi connectivity index (χ2v) is 9.03. The van der Waals surface area contributed by atoms with Gasteiger partial charge in [0.1, 0.15) is 6.33 Å². The van der Waals surface area contributed by atoms with E-state index in [0.29, 0.717) is 33.8 Å². The van der Waals surface area contributed by atoms with E-state index in [2.05, 4.69) is 27.1 Å². The fourth-order valence-electron chi connectivity index (χ4n) is 4.01. The first-order valence-corrected chi connectivity index (χ1v) is 11.5. The second kappa shape index (κ2) is 8.93. The summed E-state index contributed by atoms with van der Waals surface area (Å²) in [6.45, 7) is 1.38. The molecule has 5 nitrogen and oxygen atoms in total. The van der Waals surface area contributed by atoms with Crippen LogP contribution >= 0.6 is 23.2 Å². The molecule has 32 heavy (non-hydrogen) atoms. The third kappa shape index (κ3) is 4.36. The van der Waals surface area contributed by atoms with Crippen LogP contribution in [0, 0.1) is 5.92 Å². The molecule has 2 aromatic carbocycles. The van der Waals surface area contributed by atoms with Crippen molar-refractivity contribution < 1.29 is 4.79 Å². The van der Waals surface area contributed by atoms with Crippen LogP contribution in [0.15, 0.2) is 61.2 Å². The molecule has 2 heterocycles. The van der Waals surface area contributed by atoms with Gasteiger partial charge in [-0.25, -0.2) is 9.97 Å². The molecule has 0 aliphatic heterocycles. The van der Waals surface area contributed by atoms with Crippen LogP contribution in [0.1, 0.15) is 28.8 Å². The minimum atomic E-state index is -0.0570. The predicted molar refractivity (Wildman–Crippen MR) is 128 cm³/mol. The van der Waals surface area contributed by atoms with Gasteiger partial charge in [0, 0.05) is 41.9 Å². The Bertz CT molecular complexity index is 1280. The molecule has 0 spiro atoms. The van der Waals surface area contributed by atoms with Gasteiger partial charge in [-0.1, -0.05) is 47.5 Å². The predicted octanol–water partition coefficient (Wildman–Crippen LogP) is 6.03. The number of hydrogen-bond donors (Lipinski definition) is 1. The molecule has 0 bridgehead atoms. The van der Waals surface area contributed by atoms with E-state index >= 15 is 0 Å². The Balaban J connectivity index is 1.43. The molecule has 1 amide bonds. The molecule has 0 unspecified atom stereocenters. The molecule has 1 saturated carbocycles. The molecule has 162 valence electrons. The number of hydrogen-bond acceptors (Lipinski definition) is 3. The number of benzene rings is 2. The third-order valence-corrected chi connectivity index (χ3v) is 6.66. The number of nitrogens with one attached hydrogen (secondary N) is 1. The number of amides is 1. The highest BCUT2D eigenvalue weighted by molar-refractivity contribution is 6.42. The molecule has 1 aliphatic carbocycles. The van der Waals surface area contributed by atoms with E-state index in [0.717, 1.165) is 24.0 Å². The van der Waals surface area contributed by atoms with Gasteiger partial charge in [-0.05, 0) is 48.9 Å². The van der Waals surface area contributed by atoms with Gasteiger partial charge in [0.2, 0.25) is 0 Å². The molecule has 5 rings (SSSR count). The number of aromatic amines is 1. The Morgan fingerprint density at radius 1 is 1.12 bits per heavy atom. The fourth-order valence-corrected chi connectivity index (χ4v) is 4.31. The van der Waals surface area contributed by atoms with Crippen LogP contribution < -0.4 is 0 Å². The van der Waals surface area contributed by atoms with E-state index in [1.165, 1.54) is 30.1 Å². The van der Waals surface area contributed by atoms with Gasteiger partial charge in [0.05, 0.1) is 21.3 Å². The highest BCUT2D eigenvalue weighted by atomic mass is 35.5. The molecule has 1 N–H and O–H groups in total. The lowest BCUT2D eigenvalue weighted by atomic mass is 10.1. The van der Waals surface area contributed by atoms with Crippen molar-refractivity contribution in [3.05, 3.63) is 82.4 Å². The summed E-state index contributed by atoms with van der Waals surface area (Å²) in [6, 6.07) is 13.5. The van der Waals surface area contributed by atoms with Crippen molar-refractivity contribution >= 4 is 40.0 Å². The first-order chi connectivity index (χ1) is 15.6. The normalized spacial score (nSPS) is 13.4. The molecule has 2 aromatic heterocycles. The largest absolute Gasteiger partial charge is 0.361 e. The average Bonchev–Trinajstić information content (AvgIpc) is 3.55. The number of nitrogens with zero attached hydrogens (tertiary/aromatic N) is 3. The SMILES string of the molecule is O=C(c1cncnc1-c1ccc(Cl)c(Cl)c1)N(CCc1c[nH]c2ccccc12)CC1CC1. The van der Waals surface area contributed by atoms with Crippen LogP contribution in [-0.4, -0.2) is 38.8 Å². The minimum Gasteiger partial charge on any atom is -0.361 e. The van der Waals surface area contributed by atoms with Gasteiger partial charge in [-0.15, -0.1) is 0 Å². The number of H-pyrrole nitrogens is 1. The molecular formula is C25H22Cl2N4O. The Labute approximate surface area is 196 Å². The van der Waals surface area contributed by atoms with E-state index in [9.17, 15) is 4.79 Å². The van der Waals surface area contributed by atoms with Gasteiger partial charge in [-0.2, -0.15) is 0 Å². The summed E-state index contributed by atoms with van der Waals surface area (Å²) >= 11 is 12.3. The van der Waals surface area contributed by atoms with E-state index in [4.69, 9.17) is 23.2 Å². The maximum absolute atomic E-state index is 13.7. The number of rotatable bonds is 7. The highest BCUT2D eigenvalue weighted by Crippen LogP contribution is 2.32. The molecule has 0 atom stereocenters. The van der Waals surface area contributed by atoms with Gasteiger partial charge in [0.25, 0.3) is 5.91 Å². The van der Waals surface area contributed by atoms with Gasteiger partial charge >= 0.3 is 0 Å². The molecule has 4 aromatic rings. The van der Waals surface area contributed by atoms with Crippen LogP contribution in [0.5, 0.6) is 0 Å². The molecular weight excluding hydrogens is 443 g/mol. The maximum atomic E-state index is 13.7. The quantitative estimate of drug-likeness (QED) is 0.363. The summed E-state index contributed by atoms with van der Waals surface area (Å²) in [6.07, 6.45) is 8.20. The van der Waals surface area contributed by atoms with Gasteiger partial charge in [-0.3, -0.25) is 4.79 Å². The Morgan fingerprint density at radius 3 is 2.78 bits per heavy atom. The van der Waals surface area contributed by atoms with Crippen LogP contribution in [0.25, 0.3) is 22.2 Å². The van der Waals surface area contributed by atoms with Crippen molar-refractivity contribution in [1.29, 1.82) is 0 Å². The minimum absolute atomic E-state index is 0.0570. The molecule has 1 fully saturated rings. The van der Waals surface area contributed by atoms with Crippen molar-refractivity contribution in [2.24, 2.45) is 5.92 Å². The summed E-state index contributed by atoms with van der Waals surface area (Å²) in [5, 5.41) is 2.09. The van der Waals surface area contributed by atoms with Crippen molar-refractivity contribution in [3.63, 3.8) is 0 Å². The molecule has 7 heteroatoms. The number of para-hydroxylation sites is 1. The average molecular weight is 465 g/mol. The fraction of sp³-hybridized carbons (Fsp3) is 0.240. The monoisotopic (exact) mass is 464 g/mol. The number of halogens is 2. The zero-order valence-corrected chi connectivity index (χ0v) is 18.9. The number of aromatic nitrogens is 3. The van der Waals surface area contributed by atoms with Crippen molar-refractivity contribution in [1.82, 2.24) is 19.9 Å². The van der Waals surface area contributed by atoms with Gasteiger partial charge in [0.15, 0.2) is 0 Å².